The van der Waals surface area contributed by atoms with Crippen LogP contribution in [0.15, 0.2) is 53.6 Å². The van der Waals surface area contributed by atoms with Crippen molar-refractivity contribution in [1.29, 1.82) is 0 Å². The van der Waals surface area contributed by atoms with Crippen LogP contribution in [-0.4, -0.2) is 23.8 Å². The quantitative estimate of drug-likeness (QED) is 0.636. The van der Waals surface area contributed by atoms with Gasteiger partial charge in [-0.15, -0.1) is 0 Å². The zero-order valence-corrected chi connectivity index (χ0v) is 13.2. The molecule has 5 nitrogen and oxygen atoms in total. The summed E-state index contributed by atoms with van der Waals surface area (Å²) in [6.45, 7) is 4.05. The summed E-state index contributed by atoms with van der Waals surface area (Å²) in [5, 5.41) is 13.0. The van der Waals surface area contributed by atoms with E-state index in [2.05, 4.69) is 24.4 Å². The first-order valence-electron chi connectivity index (χ1n) is 7.39. The molecule has 0 spiro atoms. The van der Waals surface area contributed by atoms with Crippen molar-refractivity contribution in [3.8, 4) is 11.5 Å². The van der Waals surface area contributed by atoms with Gasteiger partial charge >= 0.3 is 0 Å². The largest absolute Gasteiger partial charge is 0.508 e. The lowest BCUT2D eigenvalue weighted by atomic mass is 10.0. The van der Waals surface area contributed by atoms with Crippen molar-refractivity contribution in [2.45, 2.75) is 19.8 Å². The first kappa shape index (κ1) is 16.5. The molecular weight excluding hydrogens is 292 g/mol. The standard InChI is InChI=1S/C18H20N2O3/c1-13(2)16-5-3-4-6-17(16)23-12-18(22)20-19-11-14-7-9-15(21)10-8-14/h3-11,13,21H,12H2,1-2H3,(H,20,22)/b19-11+. The Morgan fingerprint density at radius 3 is 2.61 bits per heavy atom. The molecule has 2 N–H and O–H groups in total. The Hall–Kier alpha value is -2.82. The van der Waals surface area contributed by atoms with Gasteiger partial charge in [-0.2, -0.15) is 5.10 Å². The van der Waals surface area contributed by atoms with Crippen molar-refractivity contribution in [2.24, 2.45) is 5.10 Å². The van der Waals surface area contributed by atoms with E-state index in [4.69, 9.17) is 4.74 Å². The number of hydrogen-bond donors (Lipinski definition) is 2. The zero-order chi connectivity index (χ0) is 16.7. The van der Waals surface area contributed by atoms with Crippen molar-refractivity contribution >= 4 is 12.1 Å². The lowest BCUT2D eigenvalue weighted by Gasteiger charge is -2.12. The van der Waals surface area contributed by atoms with Gasteiger partial charge < -0.3 is 9.84 Å². The second-order valence-corrected chi connectivity index (χ2v) is 5.37. The number of aromatic hydroxyl groups is 1. The summed E-state index contributed by atoms with van der Waals surface area (Å²) in [4.78, 5) is 11.8. The van der Waals surface area contributed by atoms with E-state index in [0.717, 1.165) is 11.1 Å². The summed E-state index contributed by atoms with van der Waals surface area (Å²) in [5.41, 5.74) is 4.24. The van der Waals surface area contributed by atoms with Crippen LogP contribution in [0, 0.1) is 0 Å². The highest BCUT2D eigenvalue weighted by molar-refractivity contribution is 5.83. The molecule has 0 unspecified atom stereocenters. The normalized spacial score (nSPS) is 10.9. The number of nitrogens with zero attached hydrogens (tertiary/aromatic N) is 1. The Labute approximate surface area is 135 Å². The van der Waals surface area contributed by atoms with Crippen LogP contribution in [0.25, 0.3) is 0 Å². The third-order valence-corrected chi connectivity index (χ3v) is 3.20. The van der Waals surface area contributed by atoms with Gasteiger partial charge in [0.05, 0.1) is 6.21 Å². The molecule has 23 heavy (non-hydrogen) atoms. The number of carbonyl (C=O) groups is 1. The van der Waals surface area contributed by atoms with E-state index in [1.54, 1.807) is 24.3 Å². The fourth-order valence-corrected chi connectivity index (χ4v) is 2.00. The number of amides is 1. The maximum Gasteiger partial charge on any atom is 0.277 e. The highest BCUT2D eigenvalue weighted by Crippen LogP contribution is 2.25. The Balaban J connectivity index is 1.85. The van der Waals surface area contributed by atoms with Crippen LogP contribution < -0.4 is 10.2 Å². The van der Waals surface area contributed by atoms with Crippen molar-refractivity contribution in [3.63, 3.8) is 0 Å². The minimum absolute atomic E-state index is 0.101. The summed E-state index contributed by atoms with van der Waals surface area (Å²) in [6, 6.07) is 14.2. The molecule has 0 atom stereocenters. The highest BCUT2D eigenvalue weighted by Gasteiger charge is 2.08. The summed E-state index contributed by atoms with van der Waals surface area (Å²) < 4.78 is 5.56. The van der Waals surface area contributed by atoms with Gasteiger partial charge in [0.25, 0.3) is 5.91 Å². The van der Waals surface area contributed by atoms with E-state index in [0.29, 0.717) is 11.7 Å². The van der Waals surface area contributed by atoms with E-state index < -0.39 is 0 Å². The average Bonchev–Trinajstić information content (AvgIpc) is 2.55. The molecule has 0 fully saturated rings. The first-order chi connectivity index (χ1) is 11.1. The van der Waals surface area contributed by atoms with Gasteiger partial charge in [-0.1, -0.05) is 32.0 Å². The van der Waals surface area contributed by atoms with Gasteiger partial charge in [-0.05, 0) is 47.4 Å². The number of rotatable bonds is 6. The van der Waals surface area contributed by atoms with Gasteiger partial charge in [-0.3, -0.25) is 4.79 Å². The van der Waals surface area contributed by atoms with E-state index in [1.807, 2.05) is 24.3 Å². The molecule has 0 radical (unpaired) electrons. The number of phenols is 1. The molecule has 0 saturated carbocycles. The molecule has 0 aliphatic carbocycles. The Bertz CT molecular complexity index is 679. The van der Waals surface area contributed by atoms with Gasteiger partial charge in [0.15, 0.2) is 6.61 Å². The first-order valence-corrected chi connectivity index (χ1v) is 7.39. The van der Waals surface area contributed by atoms with Crippen molar-refractivity contribution in [1.82, 2.24) is 5.43 Å². The van der Waals surface area contributed by atoms with Crippen LogP contribution in [0.2, 0.25) is 0 Å². The number of benzene rings is 2. The number of hydrazone groups is 1. The molecule has 1 amide bonds. The number of para-hydroxylation sites is 1. The molecule has 2 aromatic carbocycles. The predicted molar refractivity (Wildman–Crippen MR) is 89.9 cm³/mol. The third kappa shape index (κ3) is 5.14. The van der Waals surface area contributed by atoms with E-state index in [-0.39, 0.29) is 18.3 Å². The van der Waals surface area contributed by atoms with E-state index >= 15 is 0 Å². The van der Waals surface area contributed by atoms with E-state index in [9.17, 15) is 9.90 Å². The van der Waals surface area contributed by atoms with Crippen LogP contribution in [0.3, 0.4) is 0 Å². The van der Waals surface area contributed by atoms with Gasteiger partial charge in [0, 0.05) is 0 Å². The van der Waals surface area contributed by atoms with Crippen molar-refractivity contribution in [2.75, 3.05) is 6.61 Å². The molecule has 0 bridgehead atoms. The SMILES string of the molecule is CC(C)c1ccccc1OCC(=O)N/N=C/c1ccc(O)cc1. The third-order valence-electron chi connectivity index (χ3n) is 3.20. The lowest BCUT2D eigenvalue weighted by molar-refractivity contribution is -0.123. The molecule has 0 aromatic heterocycles. The molecule has 2 aromatic rings. The molecular formula is C18H20N2O3. The number of nitrogens with one attached hydrogen (secondary N) is 1. The van der Waals surface area contributed by atoms with Crippen LogP contribution in [0.4, 0.5) is 0 Å². The molecule has 120 valence electrons. The van der Waals surface area contributed by atoms with Gasteiger partial charge in [-0.25, -0.2) is 5.43 Å². The molecule has 0 aliphatic rings. The fraction of sp³-hybridized carbons (Fsp3) is 0.222. The van der Waals surface area contributed by atoms with Crippen LogP contribution in [-0.2, 0) is 4.79 Å². The van der Waals surface area contributed by atoms with Crippen molar-refractivity contribution < 1.29 is 14.6 Å². The average molecular weight is 312 g/mol. The zero-order valence-electron chi connectivity index (χ0n) is 13.2. The summed E-state index contributed by atoms with van der Waals surface area (Å²) >= 11 is 0. The number of ether oxygens (including phenoxy) is 1. The topological polar surface area (TPSA) is 70.9 Å². The monoisotopic (exact) mass is 312 g/mol. The summed E-state index contributed by atoms with van der Waals surface area (Å²) in [5.74, 6) is 0.879. The second-order valence-electron chi connectivity index (χ2n) is 5.37. The van der Waals surface area contributed by atoms with Crippen molar-refractivity contribution in [3.05, 3.63) is 59.7 Å². The number of carbonyl (C=O) groups excluding carboxylic acids is 1. The molecule has 0 aliphatic heterocycles. The lowest BCUT2D eigenvalue weighted by Crippen LogP contribution is -2.24. The van der Waals surface area contributed by atoms with Gasteiger partial charge in [0.2, 0.25) is 0 Å². The van der Waals surface area contributed by atoms with E-state index in [1.165, 1.54) is 6.21 Å². The number of phenolic OH excluding ortho intramolecular Hbond substituents is 1. The van der Waals surface area contributed by atoms with Gasteiger partial charge in [0.1, 0.15) is 11.5 Å². The molecule has 0 heterocycles. The number of hydrogen-bond acceptors (Lipinski definition) is 4. The highest BCUT2D eigenvalue weighted by atomic mass is 16.5. The maximum atomic E-state index is 11.8. The Morgan fingerprint density at radius 1 is 1.22 bits per heavy atom. The second kappa shape index (κ2) is 7.98. The fourth-order valence-electron chi connectivity index (χ4n) is 2.00. The molecule has 2 rings (SSSR count). The minimum atomic E-state index is -0.335. The maximum absolute atomic E-state index is 11.8. The van der Waals surface area contributed by atoms with Crippen LogP contribution >= 0.6 is 0 Å². The Kier molecular flexibility index (Phi) is 5.74. The molecule has 0 saturated heterocycles. The van der Waals surface area contributed by atoms with Crippen LogP contribution in [0.1, 0.15) is 30.9 Å². The minimum Gasteiger partial charge on any atom is -0.508 e. The Morgan fingerprint density at radius 2 is 1.91 bits per heavy atom. The summed E-state index contributed by atoms with van der Waals surface area (Å²) in [7, 11) is 0. The smallest absolute Gasteiger partial charge is 0.277 e. The molecule has 5 heteroatoms. The summed E-state index contributed by atoms with van der Waals surface area (Å²) in [6.07, 6.45) is 1.50. The van der Waals surface area contributed by atoms with Crippen LogP contribution in [0.5, 0.6) is 11.5 Å². The predicted octanol–water partition coefficient (Wildman–Crippen LogP) is 3.04.